The largest absolute Gasteiger partial charge is 0.508 e. The summed E-state index contributed by atoms with van der Waals surface area (Å²) in [5, 5.41) is 29.3. The van der Waals surface area contributed by atoms with Gasteiger partial charge in [-0.05, 0) is 99.9 Å². The highest BCUT2D eigenvalue weighted by Crippen LogP contribution is 2.32. The van der Waals surface area contributed by atoms with Crippen molar-refractivity contribution in [3.05, 3.63) is 82.2 Å². The van der Waals surface area contributed by atoms with Crippen LogP contribution in [0.1, 0.15) is 48.9 Å². The molecule has 0 aromatic heterocycles. The average molecular weight is 625 g/mol. The van der Waals surface area contributed by atoms with Gasteiger partial charge < -0.3 is 35.4 Å². The van der Waals surface area contributed by atoms with Gasteiger partial charge in [0.25, 0.3) is 0 Å². The van der Waals surface area contributed by atoms with Crippen molar-refractivity contribution >= 4 is 28.2 Å². The zero-order valence-corrected chi connectivity index (χ0v) is 27.0. The first-order chi connectivity index (χ1) is 22.3. The molecule has 242 valence electrons. The predicted octanol–water partition coefficient (Wildman–Crippen LogP) is 6.65. The third kappa shape index (κ3) is 7.63. The smallest absolute Gasteiger partial charge is 0.188 e. The minimum absolute atomic E-state index is 0.0454. The lowest BCUT2D eigenvalue weighted by Gasteiger charge is -2.18. The van der Waals surface area contributed by atoms with E-state index in [4.69, 9.17) is 20.4 Å². The molecule has 0 fully saturated rings. The second-order valence-corrected chi connectivity index (χ2v) is 11.5. The molecule has 0 amide bonds. The fourth-order valence-corrected chi connectivity index (χ4v) is 5.67. The van der Waals surface area contributed by atoms with E-state index in [-0.39, 0.29) is 5.75 Å². The van der Waals surface area contributed by atoms with E-state index in [9.17, 15) is 5.11 Å². The summed E-state index contributed by atoms with van der Waals surface area (Å²) in [4.78, 5) is 13.8. The molecule has 10 nitrogen and oxygen atoms in total. The molecule has 0 atom stereocenters. The third-order valence-electron chi connectivity index (χ3n) is 8.02. The van der Waals surface area contributed by atoms with Crippen molar-refractivity contribution < 1.29 is 19.5 Å². The van der Waals surface area contributed by atoms with Gasteiger partial charge >= 0.3 is 0 Å². The van der Waals surface area contributed by atoms with Crippen LogP contribution in [0, 0.1) is 13.8 Å². The van der Waals surface area contributed by atoms with Gasteiger partial charge in [0.05, 0.1) is 5.36 Å². The summed E-state index contributed by atoms with van der Waals surface area (Å²) < 4.78 is 6.09. The first-order valence-corrected chi connectivity index (χ1v) is 15.9. The minimum Gasteiger partial charge on any atom is -0.508 e. The van der Waals surface area contributed by atoms with E-state index < -0.39 is 0 Å². The quantitative estimate of drug-likeness (QED) is 0.0954. The number of hydrogen-bond acceptors (Lipinski definition) is 10. The second-order valence-electron chi connectivity index (χ2n) is 11.5. The molecule has 0 radical (unpaired) electrons. The molecule has 0 saturated carbocycles. The standard InChI is InChI=1S/C18H19N3O.C9H14N2O2.C9H11NO/c1-3-19-13-9-17-15(7-11(13)2)21-16-8-12-5-4-6-20-14(12)10-18(16)22-17;1-3-11-7-5-8(12)9(13-10)4-6(7)2;11-8-4-3-7-2-1-5-10-9(7)6-8/h7-10,20H,3-6H2,1-2H3;4-5,11-12H,3,10H2,1-2H3;3-4,6,10-11H,1-2,5H2. The van der Waals surface area contributed by atoms with E-state index in [0.717, 1.165) is 89.4 Å². The van der Waals surface area contributed by atoms with Crippen molar-refractivity contribution in [2.45, 2.75) is 53.4 Å². The van der Waals surface area contributed by atoms with Gasteiger partial charge in [-0.3, -0.25) is 4.99 Å². The van der Waals surface area contributed by atoms with Crippen LogP contribution in [0.4, 0.5) is 17.1 Å². The van der Waals surface area contributed by atoms with Crippen LogP contribution in [0.3, 0.4) is 0 Å². The van der Waals surface area contributed by atoms with Gasteiger partial charge in [-0.2, -0.15) is 5.90 Å². The van der Waals surface area contributed by atoms with Crippen LogP contribution in [0.5, 0.6) is 17.2 Å². The molecule has 10 heteroatoms. The van der Waals surface area contributed by atoms with Crippen molar-refractivity contribution in [1.82, 2.24) is 4.98 Å². The average Bonchev–Trinajstić information content (AvgIpc) is 3.05. The fourth-order valence-electron chi connectivity index (χ4n) is 5.67. The SMILES string of the molecule is CCN=c1cc2oc3cc4c(cc3nc-2cc1C)CCCN4.CCNc1cc(O)c(ON)cc1C.Oc1ccc2c(c1)NCCC2. The van der Waals surface area contributed by atoms with Gasteiger partial charge in [0.1, 0.15) is 17.0 Å². The lowest BCUT2D eigenvalue weighted by Crippen LogP contribution is -2.12. The molecule has 0 unspecified atom stereocenters. The van der Waals surface area contributed by atoms with Gasteiger partial charge in [-0.1, -0.05) is 6.07 Å². The Morgan fingerprint density at radius 3 is 2.37 bits per heavy atom. The number of benzene rings is 4. The van der Waals surface area contributed by atoms with Crippen molar-refractivity contribution in [2.75, 3.05) is 42.1 Å². The summed E-state index contributed by atoms with van der Waals surface area (Å²) in [5.74, 6) is 6.44. The zero-order chi connectivity index (χ0) is 32.6. The molecule has 46 heavy (non-hydrogen) atoms. The number of aromatic hydroxyl groups is 2. The predicted molar refractivity (Wildman–Crippen MR) is 185 cm³/mol. The van der Waals surface area contributed by atoms with Gasteiger partial charge in [-0.15, -0.1) is 0 Å². The Balaban J connectivity index is 0.000000148. The molecule has 7 rings (SSSR count). The van der Waals surface area contributed by atoms with Crippen molar-refractivity contribution in [3.63, 3.8) is 0 Å². The first kappa shape index (κ1) is 32.4. The Kier molecular flexibility index (Phi) is 10.5. The van der Waals surface area contributed by atoms with Gasteiger partial charge in [0.2, 0.25) is 0 Å². The molecule has 3 aliphatic heterocycles. The maximum absolute atomic E-state index is 9.40. The van der Waals surface area contributed by atoms with Crippen molar-refractivity contribution in [2.24, 2.45) is 10.9 Å². The van der Waals surface area contributed by atoms with E-state index in [1.165, 1.54) is 29.7 Å². The summed E-state index contributed by atoms with van der Waals surface area (Å²) in [6.45, 7) is 11.6. The molecule has 7 N–H and O–H groups in total. The van der Waals surface area contributed by atoms with Crippen LogP contribution in [0.2, 0.25) is 0 Å². The normalized spacial score (nSPS) is 13.6. The maximum atomic E-state index is 9.40. The van der Waals surface area contributed by atoms with Gasteiger partial charge in [-0.25, -0.2) is 4.98 Å². The highest BCUT2D eigenvalue weighted by atomic mass is 16.6. The number of aromatic nitrogens is 1. The van der Waals surface area contributed by atoms with Crippen LogP contribution in [0.25, 0.3) is 22.6 Å². The number of phenolic OH excluding ortho intramolecular Hbond substituents is 2. The molecular formula is C36H44N6O4. The van der Waals surface area contributed by atoms with Crippen molar-refractivity contribution in [1.29, 1.82) is 0 Å². The number of aryl methyl sites for hydroxylation is 4. The molecule has 3 heterocycles. The topological polar surface area (TPSA) is 150 Å². The number of nitrogens with two attached hydrogens (primary N) is 1. The summed E-state index contributed by atoms with van der Waals surface area (Å²) in [7, 11) is 0. The number of fused-ring (bicyclic) bond motifs is 4. The molecular weight excluding hydrogens is 580 g/mol. The van der Waals surface area contributed by atoms with Crippen LogP contribution >= 0.6 is 0 Å². The van der Waals surface area contributed by atoms with Crippen LogP contribution in [0.15, 0.2) is 64.0 Å². The highest BCUT2D eigenvalue weighted by molar-refractivity contribution is 5.82. The summed E-state index contributed by atoms with van der Waals surface area (Å²) in [6.07, 6.45) is 4.59. The Labute approximate surface area is 269 Å². The van der Waals surface area contributed by atoms with Gasteiger partial charge in [0.15, 0.2) is 22.8 Å². The molecule has 0 spiro atoms. The lowest BCUT2D eigenvalue weighted by atomic mass is 10.0. The van der Waals surface area contributed by atoms with E-state index >= 15 is 0 Å². The molecule has 0 saturated heterocycles. The van der Waals surface area contributed by atoms with E-state index in [2.05, 4.69) is 50.9 Å². The number of nitrogens with zero attached hydrogens (tertiary/aromatic N) is 2. The van der Waals surface area contributed by atoms with Gasteiger partial charge in [0, 0.05) is 67.5 Å². The number of anilines is 3. The van der Waals surface area contributed by atoms with E-state index in [1.807, 2.05) is 32.9 Å². The van der Waals surface area contributed by atoms with Crippen LogP contribution in [-0.4, -0.2) is 41.4 Å². The third-order valence-corrected chi connectivity index (χ3v) is 8.02. The lowest BCUT2D eigenvalue weighted by molar-refractivity contribution is 0.312. The Hall–Kier alpha value is -4.96. The number of rotatable bonds is 4. The number of hydrogen-bond donors (Lipinski definition) is 6. The van der Waals surface area contributed by atoms with E-state index in [0.29, 0.717) is 11.5 Å². The maximum Gasteiger partial charge on any atom is 0.188 e. The summed E-state index contributed by atoms with van der Waals surface area (Å²) >= 11 is 0. The molecule has 1 aliphatic carbocycles. The Bertz CT molecular complexity index is 1850. The first-order valence-electron chi connectivity index (χ1n) is 15.9. The van der Waals surface area contributed by atoms with Crippen molar-refractivity contribution in [3.8, 4) is 28.7 Å². The monoisotopic (exact) mass is 624 g/mol. The molecule has 3 aromatic carbocycles. The summed E-state index contributed by atoms with van der Waals surface area (Å²) in [5.41, 5.74) is 10.6. The fraction of sp³-hybridized carbons (Fsp3) is 0.333. The number of phenols is 2. The Morgan fingerprint density at radius 1 is 0.913 bits per heavy atom. The van der Waals surface area contributed by atoms with E-state index in [1.54, 1.807) is 24.3 Å². The molecule has 4 aliphatic rings. The molecule has 3 aromatic rings. The van der Waals surface area contributed by atoms with Crippen LogP contribution < -0.4 is 32.0 Å². The molecule has 0 bridgehead atoms. The second kappa shape index (κ2) is 14.9. The Morgan fingerprint density at radius 2 is 1.65 bits per heavy atom. The summed E-state index contributed by atoms with van der Waals surface area (Å²) in [6, 6.07) is 17.1. The zero-order valence-electron chi connectivity index (χ0n) is 27.0. The number of nitrogens with one attached hydrogen (secondary N) is 3. The highest BCUT2D eigenvalue weighted by Gasteiger charge is 2.15. The minimum atomic E-state index is 0.0454. The van der Waals surface area contributed by atoms with Crippen LogP contribution in [-0.2, 0) is 12.8 Å².